The van der Waals surface area contributed by atoms with Crippen molar-refractivity contribution >= 4 is 12.0 Å². The van der Waals surface area contributed by atoms with Crippen LogP contribution in [-0.4, -0.2) is 40.6 Å². The number of nitrogens with one attached hydrogen (secondary N) is 1. The third kappa shape index (κ3) is 5.45. The minimum atomic E-state index is -1.02. The lowest BCUT2D eigenvalue weighted by atomic mass is 10.0. The SMILES string of the molecule is CC(CNC(=O)N(CC(=O)O)C(C)(C)C)c1ccccc1. The van der Waals surface area contributed by atoms with E-state index in [0.29, 0.717) is 6.54 Å². The van der Waals surface area contributed by atoms with Crippen LogP contribution in [0.25, 0.3) is 0 Å². The number of hydrogen-bond donors (Lipinski definition) is 2. The van der Waals surface area contributed by atoms with E-state index < -0.39 is 11.5 Å². The Balaban J connectivity index is 2.64. The summed E-state index contributed by atoms with van der Waals surface area (Å²) < 4.78 is 0. The second-order valence-corrected chi connectivity index (χ2v) is 6.15. The van der Waals surface area contributed by atoms with Gasteiger partial charge >= 0.3 is 12.0 Å². The number of carboxylic acids is 1. The zero-order valence-electron chi connectivity index (χ0n) is 13.1. The minimum absolute atomic E-state index is 0.168. The molecule has 0 fully saturated rings. The van der Waals surface area contributed by atoms with Crippen molar-refractivity contribution in [2.24, 2.45) is 0 Å². The van der Waals surface area contributed by atoms with Crippen LogP contribution in [0.3, 0.4) is 0 Å². The highest BCUT2D eigenvalue weighted by Crippen LogP contribution is 2.15. The molecule has 1 aromatic carbocycles. The van der Waals surface area contributed by atoms with Crippen LogP contribution in [0, 0.1) is 0 Å². The highest BCUT2D eigenvalue weighted by molar-refractivity contribution is 5.80. The first-order valence-electron chi connectivity index (χ1n) is 7.04. The van der Waals surface area contributed by atoms with Crippen molar-refractivity contribution in [1.29, 1.82) is 0 Å². The topological polar surface area (TPSA) is 69.6 Å². The van der Waals surface area contributed by atoms with E-state index in [9.17, 15) is 9.59 Å². The highest BCUT2D eigenvalue weighted by Gasteiger charge is 2.28. The van der Waals surface area contributed by atoms with Gasteiger partial charge in [0.05, 0.1) is 0 Å². The lowest BCUT2D eigenvalue weighted by molar-refractivity contribution is -0.138. The number of hydrogen-bond acceptors (Lipinski definition) is 2. The number of amides is 2. The largest absolute Gasteiger partial charge is 0.480 e. The minimum Gasteiger partial charge on any atom is -0.480 e. The standard InChI is InChI=1S/C16H24N2O3/c1-12(13-8-6-5-7-9-13)10-17-15(21)18(11-14(19)20)16(2,3)4/h5-9,12H,10-11H2,1-4H3,(H,17,21)(H,19,20). The molecule has 0 aliphatic heterocycles. The average molecular weight is 292 g/mol. The highest BCUT2D eigenvalue weighted by atomic mass is 16.4. The number of carbonyl (C=O) groups excluding carboxylic acids is 1. The summed E-state index contributed by atoms with van der Waals surface area (Å²) in [7, 11) is 0. The van der Waals surface area contributed by atoms with E-state index in [4.69, 9.17) is 5.11 Å². The van der Waals surface area contributed by atoms with Gasteiger partial charge in [0.25, 0.3) is 0 Å². The number of rotatable bonds is 5. The fourth-order valence-corrected chi connectivity index (χ4v) is 1.98. The Bertz CT molecular complexity index is 480. The van der Waals surface area contributed by atoms with Gasteiger partial charge in [0.2, 0.25) is 0 Å². The number of carbonyl (C=O) groups is 2. The molecule has 0 spiro atoms. The van der Waals surface area contributed by atoms with Crippen molar-refractivity contribution < 1.29 is 14.7 Å². The van der Waals surface area contributed by atoms with Crippen LogP contribution < -0.4 is 5.32 Å². The van der Waals surface area contributed by atoms with Gasteiger partial charge in [-0.15, -0.1) is 0 Å². The van der Waals surface area contributed by atoms with E-state index in [1.54, 1.807) is 0 Å². The fraction of sp³-hybridized carbons (Fsp3) is 0.500. The molecule has 0 aliphatic rings. The van der Waals surface area contributed by atoms with Crippen molar-refractivity contribution in [3.8, 4) is 0 Å². The lowest BCUT2D eigenvalue weighted by Gasteiger charge is -2.34. The molecule has 0 saturated carbocycles. The Morgan fingerprint density at radius 1 is 1.24 bits per heavy atom. The molecule has 116 valence electrons. The normalized spacial score (nSPS) is 12.6. The van der Waals surface area contributed by atoms with Gasteiger partial charge in [-0.25, -0.2) is 4.79 Å². The molecule has 1 unspecified atom stereocenters. The molecule has 5 nitrogen and oxygen atoms in total. The lowest BCUT2D eigenvalue weighted by Crippen LogP contribution is -2.52. The quantitative estimate of drug-likeness (QED) is 0.876. The Morgan fingerprint density at radius 2 is 1.81 bits per heavy atom. The summed E-state index contributed by atoms with van der Waals surface area (Å²) in [6, 6.07) is 9.53. The Kier molecular flexibility index (Phi) is 5.76. The molecule has 1 atom stereocenters. The summed E-state index contributed by atoms with van der Waals surface area (Å²) in [4.78, 5) is 24.4. The molecule has 0 aliphatic carbocycles. The summed E-state index contributed by atoms with van der Waals surface area (Å²) in [6.45, 7) is 7.63. The van der Waals surface area contributed by atoms with Crippen LogP contribution in [0.5, 0.6) is 0 Å². The molecule has 2 amide bonds. The van der Waals surface area contributed by atoms with Gasteiger partial charge < -0.3 is 15.3 Å². The zero-order valence-corrected chi connectivity index (χ0v) is 13.1. The third-order valence-corrected chi connectivity index (χ3v) is 3.28. The predicted molar refractivity (Wildman–Crippen MR) is 82.4 cm³/mol. The van der Waals surface area contributed by atoms with E-state index in [1.165, 1.54) is 4.90 Å². The van der Waals surface area contributed by atoms with Gasteiger partial charge in [-0.05, 0) is 32.3 Å². The van der Waals surface area contributed by atoms with Crippen LogP contribution in [0.4, 0.5) is 4.79 Å². The summed E-state index contributed by atoms with van der Waals surface area (Å²) in [5, 5.41) is 11.7. The molecule has 0 radical (unpaired) electrons. The number of benzene rings is 1. The van der Waals surface area contributed by atoms with Crippen LogP contribution >= 0.6 is 0 Å². The zero-order chi connectivity index (χ0) is 16.0. The van der Waals surface area contributed by atoms with Crippen molar-refractivity contribution in [1.82, 2.24) is 10.2 Å². The van der Waals surface area contributed by atoms with Crippen molar-refractivity contribution in [3.05, 3.63) is 35.9 Å². The number of aliphatic carboxylic acids is 1. The molecule has 0 heterocycles. The van der Waals surface area contributed by atoms with Crippen molar-refractivity contribution in [2.75, 3.05) is 13.1 Å². The molecular formula is C16H24N2O3. The first kappa shape index (κ1) is 17.0. The van der Waals surface area contributed by atoms with Gasteiger partial charge in [-0.2, -0.15) is 0 Å². The van der Waals surface area contributed by atoms with Gasteiger partial charge in [-0.1, -0.05) is 37.3 Å². The summed E-state index contributed by atoms with van der Waals surface area (Å²) in [5.41, 5.74) is 0.594. The number of urea groups is 1. The van der Waals surface area contributed by atoms with Gasteiger partial charge in [0.1, 0.15) is 6.54 Å². The van der Waals surface area contributed by atoms with Crippen LogP contribution in [0.1, 0.15) is 39.2 Å². The second-order valence-electron chi connectivity index (χ2n) is 6.15. The van der Waals surface area contributed by atoms with Crippen molar-refractivity contribution in [3.63, 3.8) is 0 Å². The monoisotopic (exact) mass is 292 g/mol. The van der Waals surface area contributed by atoms with E-state index in [1.807, 2.05) is 58.0 Å². The number of carboxylic acid groups (broad SMARTS) is 1. The average Bonchev–Trinajstić information content (AvgIpc) is 2.41. The van der Waals surface area contributed by atoms with E-state index in [0.717, 1.165) is 5.56 Å². The molecule has 0 bridgehead atoms. The first-order valence-corrected chi connectivity index (χ1v) is 7.04. The van der Waals surface area contributed by atoms with E-state index >= 15 is 0 Å². The van der Waals surface area contributed by atoms with E-state index in [2.05, 4.69) is 5.32 Å². The van der Waals surface area contributed by atoms with Crippen LogP contribution in [-0.2, 0) is 4.79 Å². The van der Waals surface area contributed by atoms with Gasteiger partial charge in [0, 0.05) is 12.1 Å². The Labute approximate surface area is 126 Å². The van der Waals surface area contributed by atoms with Crippen LogP contribution in [0.15, 0.2) is 30.3 Å². The smallest absolute Gasteiger partial charge is 0.323 e. The molecule has 2 N–H and O–H groups in total. The summed E-state index contributed by atoms with van der Waals surface area (Å²) in [6.07, 6.45) is 0. The second kappa shape index (κ2) is 7.11. The Morgan fingerprint density at radius 3 is 2.29 bits per heavy atom. The Hall–Kier alpha value is -2.04. The maximum atomic E-state index is 12.2. The van der Waals surface area contributed by atoms with Gasteiger partial charge in [0.15, 0.2) is 0 Å². The molecule has 1 aromatic rings. The fourth-order valence-electron chi connectivity index (χ4n) is 1.98. The predicted octanol–water partition coefficient (Wildman–Crippen LogP) is 2.68. The summed E-state index contributed by atoms with van der Waals surface area (Å²) >= 11 is 0. The van der Waals surface area contributed by atoms with Crippen molar-refractivity contribution in [2.45, 2.75) is 39.2 Å². The maximum absolute atomic E-state index is 12.2. The third-order valence-electron chi connectivity index (χ3n) is 3.28. The number of nitrogens with zero attached hydrogens (tertiary/aromatic N) is 1. The van der Waals surface area contributed by atoms with Crippen LogP contribution in [0.2, 0.25) is 0 Å². The summed E-state index contributed by atoms with van der Waals surface area (Å²) in [5.74, 6) is -0.849. The molecule has 0 aromatic heterocycles. The molecular weight excluding hydrogens is 268 g/mol. The molecule has 1 rings (SSSR count). The maximum Gasteiger partial charge on any atom is 0.323 e. The molecule has 21 heavy (non-hydrogen) atoms. The molecule has 5 heteroatoms. The first-order chi connectivity index (χ1) is 9.71. The van der Waals surface area contributed by atoms with E-state index in [-0.39, 0.29) is 18.5 Å². The van der Waals surface area contributed by atoms with Gasteiger partial charge in [-0.3, -0.25) is 4.79 Å². The molecule has 0 saturated heterocycles.